The third-order valence-electron chi connectivity index (χ3n) is 3.01. The largest absolute Gasteiger partial charge is 0.325 e. The van der Waals surface area contributed by atoms with E-state index in [1.807, 2.05) is 19.9 Å². The predicted octanol–water partition coefficient (Wildman–Crippen LogP) is 2.41. The minimum Gasteiger partial charge on any atom is -0.325 e. The number of amides is 1. The molecule has 1 aromatic carbocycles. The highest BCUT2D eigenvalue weighted by molar-refractivity contribution is 6.00. The van der Waals surface area contributed by atoms with Crippen molar-refractivity contribution in [3.63, 3.8) is 0 Å². The monoisotopic (exact) mass is 217 g/mol. The van der Waals surface area contributed by atoms with E-state index in [0.717, 1.165) is 11.3 Å². The molecule has 0 atom stereocenters. The quantitative estimate of drug-likeness (QED) is 0.734. The van der Waals surface area contributed by atoms with Crippen molar-refractivity contribution in [3.05, 3.63) is 29.3 Å². The molecule has 1 aliphatic rings. The van der Waals surface area contributed by atoms with E-state index in [2.05, 4.69) is 5.32 Å². The smallest absolute Gasteiger partial charge is 0.230 e. The third-order valence-corrected chi connectivity index (χ3v) is 3.01. The Hall–Kier alpha value is -1.64. The van der Waals surface area contributed by atoms with Crippen molar-refractivity contribution in [1.29, 1.82) is 0 Å². The highest BCUT2D eigenvalue weighted by Gasteiger charge is 2.33. The van der Waals surface area contributed by atoms with E-state index in [-0.39, 0.29) is 11.7 Å². The number of fused-ring (bicyclic) bond motifs is 1. The van der Waals surface area contributed by atoms with Crippen molar-refractivity contribution in [2.24, 2.45) is 5.41 Å². The predicted molar refractivity (Wildman–Crippen MR) is 62.6 cm³/mol. The van der Waals surface area contributed by atoms with Crippen LogP contribution in [0.1, 0.15) is 36.7 Å². The van der Waals surface area contributed by atoms with Gasteiger partial charge in [0.25, 0.3) is 0 Å². The van der Waals surface area contributed by atoms with E-state index in [9.17, 15) is 9.59 Å². The summed E-state index contributed by atoms with van der Waals surface area (Å²) >= 11 is 0. The van der Waals surface area contributed by atoms with E-state index in [1.54, 1.807) is 19.1 Å². The molecule has 0 fully saturated rings. The normalized spacial score (nSPS) is 17.6. The molecular weight excluding hydrogens is 202 g/mol. The first-order valence-corrected chi connectivity index (χ1v) is 5.35. The van der Waals surface area contributed by atoms with E-state index in [0.29, 0.717) is 12.0 Å². The molecule has 0 spiro atoms. The molecule has 0 saturated carbocycles. The number of carbonyl (C=O) groups is 2. The molecular formula is C13H15NO2. The van der Waals surface area contributed by atoms with Crippen molar-refractivity contribution in [2.75, 3.05) is 5.32 Å². The van der Waals surface area contributed by atoms with Gasteiger partial charge in [0.2, 0.25) is 5.91 Å². The van der Waals surface area contributed by atoms with Gasteiger partial charge in [-0.15, -0.1) is 0 Å². The standard InChI is InChI=1S/C13H15NO2/c1-8(15)9-4-5-11-10(6-9)7-13(2,3)12(16)14-11/h4-6H,7H2,1-3H3,(H,14,16). The second-order valence-electron chi connectivity index (χ2n) is 4.94. The Morgan fingerprint density at radius 2 is 2.06 bits per heavy atom. The fourth-order valence-corrected chi connectivity index (χ4v) is 1.93. The van der Waals surface area contributed by atoms with Gasteiger partial charge in [0, 0.05) is 16.7 Å². The molecule has 1 N–H and O–H groups in total. The summed E-state index contributed by atoms with van der Waals surface area (Å²) in [4.78, 5) is 23.0. The zero-order chi connectivity index (χ0) is 11.9. The van der Waals surface area contributed by atoms with Crippen LogP contribution in [0, 0.1) is 5.41 Å². The van der Waals surface area contributed by atoms with Crippen LogP contribution in [0.5, 0.6) is 0 Å². The summed E-state index contributed by atoms with van der Waals surface area (Å²) in [5.74, 6) is 0.0908. The van der Waals surface area contributed by atoms with E-state index < -0.39 is 5.41 Å². The Morgan fingerprint density at radius 3 is 2.69 bits per heavy atom. The van der Waals surface area contributed by atoms with Gasteiger partial charge in [0.05, 0.1) is 0 Å². The zero-order valence-corrected chi connectivity index (χ0v) is 9.76. The summed E-state index contributed by atoms with van der Waals surface area (Å²) in [6, 6.07) is 5.43. The van der Waals surface area contributed by atoms with Crippen LogP contribution < -0.4 is 5.32 Å². The van der Waals surface area contributed by atoms with Gasteiger partial charge in [-0.1, -0.05) is 13.8 Å². The van der Waals surface area contributed by atoms with Crippen molar-refractivity contribution in [1.82, 2.24) is 0 Å². The summed E-state index contributed by atoms with van der Waals surface area (Å²) in [6.45, 7) is 5.37. The highest BCUT2D eigenvalue weighted by atomic mass is 16.2. The van der Waals surface area contributed by atoms with Crippen LogP contribution in [0.15, 0.2) is 18.2 Å². The van der Waals surface area contributed by atoms with Gasteiger partial charge < -0.3 is 5.32 Å². The van der Waals surface area contributed by atoms with Crippen LogP contribution in [0.3, 0.4) is 0 Å². The molecule has 0 saturated heterocycles. The molecule has 0 unspecified atom stereocenters. The molecule has 1 aliphatic heterocycles. The Morgan fingerprint density at radius 1 is 1.38 bits per heavy atom. The molecule has 3 nitrogen and oxygen atoms in total. The second kappa shape index (κ2) is 3.44. The number of hydrogen-bond acceptors (Lipinski definition) is 2. The van der Waals surface area contributed by atoms with E-state index in [1.165, 1.54) is 0 Å². The average molecular weight is 217 g/mol. The Labute approximate surface area is 94.9 Å². The van der Waals surface area contributed by atoms with Crippen molar-refractivity contribution < 1.29 is 9.59 Å². The molecule has 1 heterocycles. The Bertz CT molecular complexity index is 475. The molecule has 1 amide bonds. The summed E-state index contributed by atoms with van der Waals surface area (Å²) < 4.78 is 0. The van der Waals surface area contributed by atoms with Gasteiger partial charge in [-0.05, 0) is 37.1 Å². The lowest BCUT2D eigenvalue weighted by Gasteiger charge is -2.30. The van der Waals surface area contributed by atoms with Crippen molar-refractivity contribution in [3.8, 4) is 0 Å². The maximum absolute atomic E-state index is 11.7. The lowest BCUT2D eigenvalue weighted by molar-refractivity contribution is -0.124. The number of carbonyl (C=O) groups excluding carboxylic acids is 2. The fourth-order valence-electron chi connectivity index (χ4n) is 1.93. The van der Waals surface area contributed by atoms with Crippen molar-refractivity contribution >= 4 is 17.4 Å². The maximum Gasteiger partial charge on any atom is 0.230 e. The number of rotatable bonds is 1. The summed E-state index contributed by atoms with van der Waals surface area (Å²) in [5, 5.41) is 2.87. The lowest BCUT2D eigenvalue weighted by Crippen LogP contribution is -2.37. The zero-order valence-electron chi connectivity index (χ0n) is 9.76. The molecule has 0 aliphatic carbocycles. The van der Waals surface area contributed by atoms with Crippen LogP contribution in [-0.4, -0.2) is 11.7 Å². The van der Waals surface area contributed by atoms with Gasteiger partial charge in [-0.25, -0.2) is 0 Å². The highest BCUT2D eigenvalue weighted by Crippen LogP contribution is 2.33. The fraction of sp³-hybridized carbons (Fsp3) is 0.385. The van der Waals surface area contributed by atoms with Crippen LogP contribution >= 0.6 is 0 Å². The topological polar surface area (TPSA) is 46.2 Å². The third kappa shape index (κ3) is 1.73. The minimum absolute atomic E-state index is 0.0376. The Kier molecular flexibility index (Phi) is 2.34. The first-order chi connectivity index (χ1) is 7.40. The van der Waals surface area contributed by atoms with Crippen LogP contribution in [-0.2, 0) is 11.2 Å². The number of Topliss-reactive ketones (excluding diaryl/α,β-unsaturated/α-hetero) is 1. The summed E-state index contributed by atoms with van der Waals surface area (Å²) in [6.07, 6.45) is 0.676. The molecule has 3 heteroatoms. The molecule has 0 bridgehead atoms. The average Bonchev–Trinajstić information content (AvgIpc) is 2.18. The van der Waals surface area contributed by atoms with Crippen LogP contribution in [0.25, 0.3) is 0 Å². The van der Waals surface area contributed by atoms with Gasteiger partial charge in [0.1, 0.15) is 0 Å². The molecule has 0 radical (unpaired) electrons. The Balaban J connectivity index is 2.45. The minimum atomic E-state index is -0.400. The van der Waals surface area contributed by atoms with Crippen molar-refractivity contribution in [2.45, 2.75) is 27.2 Å². The SMILES string of the molecule is CC(=O)c1ccc2c(c1)CC(C)(C)C(=O)N2. The van der Waals surface area contributed by atoms with Gasteiger partial charge in [0.15, 0.2) is 5.78 Å². The van der Waals surface area contributed by atoms with E-state index >= 15 is 0 Å². The number of ketones is 1. The molecule has 1 aromatic rings. The van der Waals surface area contributed by atoms with Crippen LogP contribution in [0.4, 0.5) is 5.69 Å². The number of benzene rings is 1. The second-order valence-corrected chi connectivity index (χ2v) is 4.94. The molecule has 84 valence electrons. The van der Waals surface area contributed by atoms with Crippen LogP contribution in [0.2, 0.25) is 0 Å². The molecule has 0 aromatic heterocycles. The first kappa shape index (κ1) is 10.9. The molecule has 16 heavy (non-hydrogen) atoms. The van der Waals surface area contributed by atoms with Gasteiger partial charge in [-0.2, -0.15) is 0 Å². The first-order valence-electron chi connectivity index (χ1n) is 5.35. The maximum atomic E-state index is 11.7. The number of nitrogens with one attached hydrogen (secondary N) is 1. The molecule has 2 rings (SSSR count). The number of hydrogen-bond donors (Lipinski definition) is 1. The van der Waals surface area contributed by atoms with E-state index in [4.69, 9.17) is 0 Å². The lowest BCUT2D eigenvalue weighted by atomic mass is 9.81. The summed E-state index contributed by atoms with van der Waals surface area (Å²) in [5.41, 5.74) is 2.17. The van der Waals surface area contributed by atoms with Gasteiger partial charge in [-0.3, -0.25) is 9.59 Å². The van der Waals surface area contributed by atoms with Gasteiger partial charge >= 0.3 is 0 Å². The summed E-state index contributed by atoms with van der Waals surface area (Å²) in [7, 11) is 0. The number of anilines is 1.